The summed E-state index contributed by atoms with van der Waals surface area (Å²) >= 11 is 1.35. The molecule has 0 unspecified atom stereocenters. The summed E-state index contributed by atoms with van der Waals surface area (Å²) in [6.45, 7) is 2.52. The summed E-state index contributed by atoms with van der Waals surface area (Å²) in [4.78, 5) is 12.6. The van der Waals surface area contributed by atoms with Crippen molar-refractivity contribution in [1.82, 2.24) is 5.32 Å². The van der Waals surface area contributed by atoms with Crippen LogP contribution in [-0.4, -0.2) is 30.3 Å². The molecule has 0 spiro atoms. The molecule has 106 valence electrons. The van der Waals surface area contributed by atoms with Crippen molar-refractivity contribution >= 4 is 17.2 Å². The SMILES string of the molecule is COc1ccsc1C(=O)NCC1(O)CCC(C)CC1. The van der Waals surface area contributed by atoms with Gasteiger partial charge in [0.15, 0.2) is 0 Å². The molecule has 5 heteroatoms. The van der Waals surface area contributed by atoms with Gasteiger partial charge in [0, 0.05) is 6.54 Å². The van der Waals surface area contributed by atoms with Gasteiger partial charge in [-0.2, -0.15) is 0 Å². The highest BCUT2D eigenvalue weighted by atomic mass is 32.1. The molecule has 1 aromatic heterocycles. The van der Waals surface area contributed by atoms with E-state index < -0.39 is 5.60 Å². The summed E-state index contributed by atoms with van der Waals surface area (Å²) in [6, 6.07) is 1.77. The van der Waals surface area contributed by atoms with Crippen LogP contribution in [0, 0.1) is 5.92 Å². The van der Waals surface area contributed by atoms with E-state index in [0.29, 0.717) is 23.1 Å². The van der Waals surface area contributed by atoms with Crippen LogP contribution in [0.5, 0.6) is 5.75 Å². The smallest absolute Gasteiger partial charge is 0.265 e. The van der Waals surface area contributed by atoms with Gasteiger partial charge in [-0.05, 0) is 43.0 Å². The topological polar surface area (TPSA) is 58.6 Å². The molecular formula is C14H21NO3S. The van der Waals surface area contributed by atoms with Crippen LogP contribution in [-0.2, 0) is 0 Å². The second-order valence-electron chi connectivity index (χ2n) is 5.41. The molecule has 1 fully saturated rings. The molecule has 1 amide bonds. The first-order valence-electron chi connectivity index (χ1n) is 6.66. The molecule has 0 radical (unpaired) electrons. The Labute approximate surface area is 117 Å². The predicted molar refractivity (Wildman–Crippen MR) is 75.8 cm³/mol. The molecule has 2 rings (SSSR count). The van der Waals surface area contributed by atoms with E-state index in [1.807, 2.05) is 5.38 Å². The van der Waals surface area contributed by atoms with Crippen molar-refractivity contribution in [3.8, 4) is 5.75 Å². The molecule has 1 aliphatic carbocycles. The summed E-state index contributed by atoms with van der Waals surface area (Å²) in [5, 5.41) is 15.1. The van der Waals surface area contributed by atoms with E-state index >= 15 is 0 Å². The Hall–Kier alpha value is -1.07. The Morgan fingerprint density at radius 3 is 2.89 bits per heavy atom. The molecule has 19 heavy (non-hydrogen) atoms. The van der Waals surface area contributed by atoms with Crippen LogP contribution in [0.1, 0.15) is 42.3 Å². The lowest BCUT2D eigenvalue weighted by molar-refractivity contribution is -0.00538. The summed E-state index contributed by atoms with van der Waals surface area (Å²) in [6.07, 6.45) is 3.56. The zero-order valence-corrected chi connectivity index (χ0v) is 12.3. The molecule has 0 saturated heterocycles. The maximum atomic E-state index is 12.0. The quantitative estimate of drug-likeness (QED) is 0.892. The first-order chi connectivity index (χ1) is 9.04. The molecule has 0 aliphatic heterocycles. The van der Waals surface area contributed by atoms with E-state index in [4.69, 9.17) is 4.74 Å². The zero-order chi connectivity index (χ0) is 13.9. The maximum Gasteiger partial charge on any atom is 0.265 e. The Morgan fingerprint density at radius 1 is 1.58 bits per heavy atom. The number of carbonyl (C=O) groups is 1. The second kappa shape index (κ2) is 5.92. The predicted octanol–water partition coefficient (Wildman–Crippen LogP) is 2.43. The lowest BCUT2D eigenvalue weighted by atomic mass is 9.79. The lowest BCUT2D eigenvalue weighted by Gasteiger charge is -2.34. The Balaban J connectivity index is 1.90. The van der Waals surface area contributed by atoms with Crippen LogP contribution in [0.3, 0.4) is 0 Å². The number of rotatable bonds is 4. The highest BCUT2D eigenvalue weighted by Crippen LogP contribution is 2.31. The molecule has 1 heterocycles. The molecule has 0 atom stereocenters. The Bertz CT molecular complexity index is 436. The van der Waals surface area contributed by atoms with Crippen LogP contribution in [0.15, 0.2) is 11.4 Å². The van der Waals surface area contributed by atoms with Gasteiger partial charge >= 0.3 is 0 Å². The van der Waals surface area contributed by atoms with Gasteiger partial charge in [-0.3, -0.25) is 4.79 Å². The van der Waals surface area contributed by atoms with Crippen molar-refractivity contribution in [2.45, 2.75) is 38.2 Å². The van der Waals surface area contributed by atoms with Crippen molar-refractivity contribution < 1.29 is 14.6 Å². The number of hydrogen-bond donors (Lipinski definition) is 2. The van der Waals surface area contributed by atoms with Gasteiger partial charge in [-0.1, -0.05) is 6.92 Å². The van der Waals surface area contributed by atoms with Gasteiger partial charge < -0.3 is 15.2 Å². The van der Waals surface area contributed by atoms with Crippen LogP contribution in [0.2, 0.25) is 0 Å². The van der Waals surface area contributed by atoms with E-state index in [1.54, 1.807) is 13.2 Å². The molecule has 0 aromatic carbocycles. The number of ether oxygens (including phenoxy) is 1. The van der Waals surface area contributed by atoms with Crippen LogP contribution < -0.4 is 10.1 Å². The summed E-state index contributed by atoms with van der Waals surface area (Å²) < 4.78 is 5.12. The standard InChI is InChI=1S/C14H21NO3S/c1-10-3-6-14(17,7-4-10)9-15-13(16)12-11(18-2)5-8-19-12/h5,8,10,17H,3-4,6-7,9H2,1-2H3,(H,15,16). The van der Waals surface area contributed by atoms with Crippen molar-refractivity contribution in [2.75, 3.05) is 13.7 Å². The van der Waals surface area contributed by atoms with Crippen LogP contribution in [0.4, 0.5) is 0 Å². The van der Waals surface area contributed by atoms with E-state index in [2.05, 4.69) is 12.2 Å². The normalized spacial score (nSPS) is 27.0. The maximum absolute atomic E-state index is 12.0. The molecule has 4 nitrogen and oxygen atoms in total. The first kappa shape index (κ1) is 14.3. The van der Waals surface area contributed by atoms with Gasteiger partial charge in [-0.25, -0.2) is 0 Å². The van der Waals surface area contributed by atoms with Gasteiger partial charge in [-0.15, -0.1) is 11.3 Å². The molecular weight excluding hydrogens is 262 g/mol. The van der Waals surface area contributed by atoms with Crippen LogP contribution in [0.25, 0.3) is 0 Å². The van der Waals surface area contributed by atoms with Crippen molar-refractivity contribution in [3.63, 3.8) is 0 Å². The Morgan fingerprint density at radius 2 is 2.26 bits per heavy atom. The van der Waals surface area contributed by atoms with Crippen LogP contribution >= 0.6 is 11.3 Å². The van der Waals surface area contributed by atoms with E-state index in [0.717, 1.165) is 25.7 Å². The minimum Gasteiger partial charge on any atom is -0.495 e. The number of amides is 1. The minimum absolute atomic E-state index is 0.168. The number of carbonyl (C=O) groups excluding carboxylic acids is 1. The fourth-order valence-electron chi connectivity index (χ4n) is 2.43. The summed E-state index contributed by atoms with van der Waals surface area (Å²) in [7, 11) is 1.55. The molecule has 2 N–H and O–H groups in total. The third kappa shape index (κ3) is 3.48. The minimum atomic E-state index is -0.743. The third-order valence-corrected chi connectivity index (χ3v) is 4.73. The molecule has 1 aromatic rings. The highest BCUT2D eigenvalue weighted by molar-refractivity contribution is 7.12. The van der Waals surface area contributed by atoms with Gasteiger partial charge in [0.1, 0.15) is 10.6 Å². The number of hydrogen-bond acceptors (Lipinski definition) is 4. The molecule has 1 aliphatic rings. The number of aliphatic hydroxyl groups is 1. The summed E-state index contributed by atoms with van der Waals surface area (Å²) in [5.74, 6) is 1.10. The molecule has 0 bridgehead atoms. The largest absolute Gasteiger partial charge is 0.495 e. The Kier molecular flexibility index (Phi) is 4.47. The number of methoxy groups -OCH3 is 1. The highest BCUT2D eigenvalue weighted by Gasteiger charge is 2.32. The average Bonchev–Trinajstić information content (AvgIpc) is 2.88. The number of thiophene rings is 1. The first-order valence-corrected chi connectivity index (χ1v) is 7.54. The van der Waals surface area contributed by atoms with Gasteiger partial charge in [0.25, 0.3) is 5.91 Å². The zero-order valence-electron chi connectivity index (χ0n) is 11.4. The summed E-state index contributed by atoms with van der Waals surface area (Å²) in [5.41, 5.74) is -0.743. The fraction of sp³-hybridized carbons (Fsp3) is 0.643. The fourth-order valence-corrected chi connectivity index (χ4v) is 3.20. The van der Waals surface area contributed by atoms with E-state index in [1.165, 1.54) is 11.3 Å². The molecule has 1 saturated carbocycles. The number of nitrogens with one attached hydrogen (secondary N) is 1. The average molecular weight is 283 g/mol. The van der Waals surface area contributed by atoms with Crippen molar-refractivity contribution in [2.24, 2.45) is 5.92 Å². The second-order valence-corrected chi connectivity index (χ2v) is 6.32. The lowest BCUT2D eigenvalue weighted by Crippen LogP contribution is -2.45. The van der Waals surface area contributed by atoms with Crippen molar-refractivity contribution in [1.29, 1.82) is 0 Å². The van der Waals surface area contributed by atoms with E-state index in [9.17, 15) is 9.90 Å². The third-order valence-electron chi connectivity index (χ3n) is 3.84. The van der Waals surface area contributed by atoms with E-state index in [-0.39, 0.29) is 5.91 Å². The van der Waals surface area contributed by atoms with Gasteiger partial charge in [0.05, 0.1) is 12.7 Å². The van der Waals surface area contributed by atoms with Gasteiger partial charge in [0.2, 0.25) is 0 Å². The van der Waals surface area contributed by atoms with Crippen molar-refractivity contribution in [3.05, 3.63) is 16.3 Å². The monoisotopic (exact) mass is 283 g/mol.